The van der Waals surface area contributed by atoms with Crippen LogP contribution in [0.2, 0.25) is 0 Å². The molecule has 1 aromatic heterocycles. The molecular weight excluding hydrogens is 364 g/mol. The molecule has 8 heteroatoms. The third kappa shape index (κ3) is 4.58. The van der Waals surface area contributed by atoms with Gasteiger partial charge < -0.3 is 0 Å². The van der Waals surface area contributed by atoms with Crippen LogP contribution in [0.4, 0.5) is 0 Å². The minimum Gasteiger partial charge on any atom is -0.267 e. The average Bonchev–Trinajstić information content (AvgIpc) is 2.73. The summed E-state index contributed by atoms with van der Waals surface area (Å²) in [6.07, 6.45) is 6.06. The summed E-state index contributed by atoms with van der Waals surface area (Å²) in [5, 5.41) is 4.08. The lowest BCUT2D eigenvalue weighted by molar-refractivity contribution is 0.0954. The van der Waals surface area contributed by atoms with Crippen LogP contribution in [0.15, 0.2) is 58.8 Å². The van der Waals surface area contributed by atoms with Gasteiger partial charge in [-0.05, 0) is 50.1 Å². The molecular formula is C19H22N4O3S. The fraction of sp³-hybridized carbons (Fsp3) is 0.316. The van der Waals surface area contributed by atoms with Gasteiger partial charge in [-0.15, -0.1) is 0 Å². The van der Waals surface area contributed by atoms with Crippen LogP contribution in [0.3, 0.4) is 0 Å². The summed E-state index contributed by atoms with van der Waals surface area (Å²) in [6, 6.07) is 9.64. The Morgan fingerprint density at radius 1 is 1.07 bits per heavy atom. The first-order valence-electron chi connectivity index (χ1n) is 8.84. The number of nitrogens with one attached hydrogen (secondary N) is 1. The smallest absolute Gasteiger partial charge is 0.267 e. The van der Waals surface area contributed by atoms with Crippen molar-refractivity contribution in [3.05, 3.63) is 59.9 Å². The fourth-order valence-corrected chi connectivity index (χ4v) is 4.47. The Bertz CT molecular complexity index is 936. The van der Waals surface area contributed by atoms with Crippen molar-refractivity contribution in [3.8, 4) is 0 Å². The summed E-state index contributed by atoms with van der Waals surface area (Å²) >= 11 is 0. The third-order valence-electron chi connectivity index (χ3n) is 4.47. The predicted molar refractivity (Wildman–Crippen MR) is 103 cm³/mol. The van der Waals surface area contributed by atoms with Gasteiger partial charge in [-0.3, -0.25) is 9.78 Å². The van der Waals surface area contributed by atoms with E-state index in [4.69, 9.17) is 0 Å². The maximum Gasteiger partial charge on any atom is 0.271 e. The van der Waals surface area contributed by atoms with Gasteiger partial charge in [0.1, 0.15) is 0 Å². The quantitative estimate of drug-likeness (QED) is 0.631. The van der Waals surface area contributed by atoms with Crippen LogP contribution in [0, 0.1) is 0 Å². The van der Waals surface area contributed by atoms with Crippen LogP contribution in [0.25, 0.3) is 0 Å². The first kappa shape index (κ1) is 19.2. The van der Waals surface area contributed by atoms with Crippen LogP contribution < -0.4 is 5.43 Å². The van der Waals surface area contributed by atoms with E-state index in [1.54, 1.807) is 43.6 Å². The number of benzene rings is 1. The van der Waals surface area contributed by atoms with E-state index in [1.807, 2.05) is 0 Å². The van der Waals surface area contributed by atoms with E-state index >= 15 is 0 Å². The topological polar surface area (TPSA) is 91.7 Å². The van der Waals surface area contributed by atoms with Gasteiger partial charge in [-0.2, -0.15) is 9.41 Å². The van der Waals surface area contributed by atoms with Gasteiger partial charge in [0, 0.05) is 36.6 Å². The van der Waals surface area contributed by atoms with E-state index in [1.165, 1.54) is 16.4 Å². The molecule has 7 nitrogen and oxygen atoms in total. The number of nitrogens with zero attached hydrogens (tertiary/aromatic N) is 3. The molecule has 2 aromatic rings. The van der Waals surface area contributed by atoms with Gasteiger partial charge in [0.05, 0.1) is 10.6 Å². The van der Waals surface area contributed by atoms with E-state index < -0.39 is 15.9 Å². The SMILES string of the molecule is CC(=NNC(=O)c1cccc(S(=O)(=O)N2CCCCC2)c1)c1ccncc1. The normalized spacial score (nSPS) is 16.1. The first-order valence-corrected chi connectivity index (χ1v) is 10.3. The summed E-state index contributed by atoms with van der Waals surface area (Å²) in [6.45, 7) is 2.81. The molecule has 0 atom stereocenters. The molecule has 0 spiro atoms. The first-order chi connectivity index (χ1) is 13.0. The van der Waals surface area contributed by atoms with Crippen molar-refractivity contribution in [2.75, 3.05) is 13.1 Å². The zero-order valence-electron chi connectivity index (χ0n) is 15.1. The molecule has 0 radical (unpaired) electrons. The van der Waals surface area contributed by atoms with E-state index in [9.17, 15) is 13.2 Å². The molecule has 27 heavy (non-hydrogen) atoms. The summed E-state index contributed by atoms with van der Waals surface area (Å²) in [5.41, 5.74) is 4.19. The second-order valence-corrected chi connectivity index (χ2v) is 8.30. The highest BCUT2D eigenvalue weighted by Crippen LogP contribution is 2.21. The number of piperidine rings is 1. The van der Waals surface area contributed by atoms with Gasteiger partial charge in [0.15, 0.2) is 0 Å². The van der Waals surface area contributed by atoms with Gasteiger partial charge in [-0.1, -0.05) is 12.5 Å². The molecule has 0 saturated carbocycles. The Kier molecular flexibility index (Phi) is 5.98. The standard InChI is InChI=1S/C19H22N4O3S/c1-15(16-8-10-20-11-9-16)21-22-19(24)17-6-5-7-18(14-17)27(25,26)23-12-3-2-4-13-23/h5-11,14H,2-4,12-13H2,1H3,(H,22,24). The number of rotatable bonds is 5. The number of hydrazone groups is 1. The zero-order valence-corrected chi connectivity index (χ0v) is 15.9. The molecule has 0 aliphatic carbocycles. The van der Waals surface area contributed by atoms with Crippen molar-refractivity contribution in [1.82, 2.24) is 14.7 Å². The summed E-state index contributed by atoms with van der Waals surface area (Å²) in [5.74, 6) is -0.459. The van der Waals surface area contributed by atoms with Gasteiger partial charge in [-0.25, -0.2) is 13.8 Å². The molecule has 1 amide bonds. The highest BCUT2D eigenvalue weighted by atomic mass is 32.2. The van der Waals surface area contributed by atoms with Crippen molar-refractivity contribution >= 4 is 21.6 Å². The van der Waals surface area contributed by atoms with Gasteiger partial charge in [0.2, 0.25) is 10.0 Å². The molecule has 1 aromatic carbocycles. The number of hydrogen-bond donors (Lipinski definition) is 1. The fourth-order valence-electron chi connectivity index (χ4n) is 2.91. The molecule has 0 bridgehead atoms. The number of carbonyl (C=O) groups excluding carboxylic acids is 1. The van der Waals surface area contributed by atoms with Crippen molar-refractivity contribution in [1.29, 1.82) is 0 Å². The number of aromatic nitrogens is 1. The van der Waals surface area contributed by atoms with Crippen LogP contribution in [0.5, 0.6) is 0 Å². The molecule has 1 saturated heterocycles. The average molecular weight is 386 g/mol. The van der Waals surface area contributed by atoms with Crippen LogP contribution >= 0.6 is 0 Å². The molecule has 1 fully saturated rings. The van der Waals surface area contributed by atoms with Crippen LogP contribution in [-0.4, -0.2) is 42.4 Å². The summed E-state index contributed by atoms with van der Waals surface area (Å²) in [4.78, 5) is 16.5. The minimum atomic E-state index is -3.58. The van der Waals surface area contributed by atoms with E-state index in [0.29, 0.717) is 18.8 Å². The Morgan fingerprint density at radius 3 is 2.48 bits per heavy atom. The number of hydrogen-bond acceptors (Lipinski definition) is 5. The van der Waals surface area contributed by atoms with Crippen LogP contribution in [-0.2, 0) is 10.0 Å². The van der Waals surface area contributed by atoms with Crippen molar-refractivity contribution in [2.45, 2.75) is 31.1 Å². The molecule has 1 aliphatic rings. The van der Waals surface area contributed by atoms with E-state index in [-0.39, 0.29) is 10.5 Å². The monoisotopic (exact) mass is 386 g/mol. The van der Waals surface area contributed by atoms with Crippen molar-refractivity contribution in [3.63, 3.8) is 0 Å². The Hall–Kier alpha value is -2.58. The number of carbonyl (C=O) groups is 1. The Balaban J connectivity index is 1.76. The maximum absolute atomic E-state index is 12.8. The molecule has 142 valence electrons. The highest BCUT2D eigenvalue weighted by Gasteiger charge is 2.26. The Labute approximate surface area is 159 Å². The summed E-state index contributed by atoms with van der Waals surface area (Å²) in [7, 11) is -3.58. The number of sulfonamides is 1. The molecule has 1 aliphatic heterocycles. The number of pyridine rings is 1. The summed E-state index contributed by atoms with van der Waals surface area (Å²) < 4.78 is 27.0. The van der Waals surface area contributed by atoms with Gasteiger partial charge >= 0.3 is 0 Å². The lowest BCUT2D eigenvalue weighted by Crippen LogP contribution is -2.35. The molecule has 0 unspecified atom stereocenters. The third-order valence-corrected chi connectivity index (χ3v) is 6.37. The predicted octanol–water partition coefficient (Wildman–Crippen LogP) is 2.41. The van der Waals surface area contributed by atoms with Crippen molar-refractivity contribution < 1.29 is 13.2 Å². The lowest BCUT2D eigenvalue weighted by Gasteiger charge is -2.25. The molecule has 2 heterocycles. The largest absolute Gasteiger partial charge is 0.271 e. The highest BCUT2D eigenvalue weighted by molar-refractivity contribution is 7.89. The lowest BCUT2D eigenvalue weighted by atomic mass is 10.2. The minimum absolute atomic E-state index is 0.131. The van der Waals surface area contributed by atoms with Gasteiger partial charge in [0.25, 0.3) is 5.91 Å². The maximum atomic E-state index is 12.8. The molecule has 1 N–H and O–H groups in total. The molecule has 3 rings (SSSR count). The van der Waals surface area contributed by atoms with E-state index in [2.05, 4.69) is 15.5 Å². The van der Waals surface area contributed by atoms with Crippen molar-refractivity contribution in [2.24, 2.45) is 5.10 Å². The number of amides is 1. The Morgan fingerprint density at radius 2 is 1.78 bits per heavy atom. The second kappa shape index (κ2) is 8.41. The van der Waals surface area contributed by atoms with E-state index in [0.717, 1.165) is 24.8 Å². The van der Waals surface area contributed by atoms with Crippen LogP contribution in [0.1, 0.15) is 42.1 Å². The second-order valence-electron chi connectivity index (χ2n) is 6.37. The zero-order chi connectivity index (χ0) is 19.3.